The lowest BCUT2D eigenvalue weighted by Gasteiger charge is -2.29. The van der Waals surface area contributed by atoms with Gasteiger partial charge in [-0.3, -0.25) is 0 Å². The number of thiophene rings is 1. The van der Waals surface area contributed by atoms with E-state index in [9.17, 15) is 0 Å². The van der Waals surface area contributed by atoms with Gasteiger partial charge < -0.3 is 9.80 Å². The minimum Gasteiger partial charge on any atom is -0.310 e. The molecule has 1 aromatic heterocycles. The highest BCUT2D eigenvalue weighted by Gasteiger charge is 2.20. The maximum atomic E-state index is 2.40. The van der Waals surface area contributed by atoms with Crippen LogP contribution in [0.4, 0.5) is 34.1 Å². The zero-order chi connectivity index (χ0) is 30.0. The first kappa shape index (κ1) is 26.9. The molecule has 7 aromatic carbocycles. The van der Waals surface area contributed by atoms with Crippen LogP contribution < -0.4 is 9.80 Å². The third-order valence-corrected chi connectivity index (χ3v) is 9.36. The SMILES string of the molecule is c1ccc(N(c2ccccc2)c2ccccc2-c2cccc(N(c3ccccc3)c3cccc4sc5ccccc5c34)c2)cc1. The molecule has 0 amide bonds. The van der Waals surface area contributed by atoms with Crippen molar-refractivity contribution in [2.24, 2.45) is 0 Å². The van der Waals surface area contributed by atoms with Crippen LogP contribution >= 0.6 is 11.3 Å². The van der Waals surface area contributed by atoms with E-state index in [0.29, 0.717) is 0 Å². The van der Waals surface area contributed by atoms with E-state index >= 15 is 0 Å². The Morgan fingerprint density at radius 1 is 0.356 bits per heavy atom. The van der Waals surface area contributed by atoms with Crippen LogP contribution in [0.1, 0.15) is 0 Å². The Morgan fingerprint density at radius 2 is 0.844 bits per heavy atom. The highest BCUT2D eigenvalue weighted by Crippen LogP contribution is 2.46. The van der Waals surface area contributed by atoms with Crippen molar-refractivity contribution in [3.05, 3.63) is 182 Å². The molecule has 0 aliphatic carbocycles. The quantitative estimate of drug-likeness (QED) is 0.181. The number of anilines is 6. The van der Waals surface area contributed by atoms with Crippen molar-refractivity contribution in [1.29, 1.82) is 0 Å². The van der Waals surface area contributed by atoms with Crippen molar-refractivity contribution in [3.8, 4) is 11.1 Å². The molecule has 1 heterocycles. The van der Waals surface area contributed by atoms with E-state index < -0.39 is 0 Å². The van der Waals surface area contributed by atoms with Crippen LogP contribution in [0, 0.1) is 0 Å². The summed E-state index contributed by atoms with van der Waals surface area (Å²) < 4.78 is 2.59. The van der Waals surface area contributed by atoms with Crippen molar-refractivity contribution < 1.29 is 0 Å². The zero-order valence-electron chi connectivity index (χ0n) is 24.6. The fourth-order valence-corrected chi connectivity index (χ4v) is 7.38. The average molecular weight is 595 g/mol. The molecule has 0 radical (unpaired) electrons. The summed E-state index contributed by atoms with van der Waals surface area (Å²) in [5.74, 6) is 0. The molecule has 0 atom stereocenters. The first-order chi connectivity index (χ1) is 22.3. The van der Waals surface area contributed by atoms with Crippen molar-refractivity contribution in [3.63, 3.8) is 0 Å². The van der Waals surface area contributed by atoms with Crippen LogP contribution in [0.15, 0.2) is 182 Å². The minimum absolute atomic E-state index is 1.11. The molecule has 0 bridgehead atoms. The maximum absolute atomic E-state index is 2.40. The monoisotopic (exact) mass is 594 g/mol. The van der Waals surface area contributed by atoms with Crippen LogP contribution in [-0.4, -0.2) is 0 Å². The third-order valence-electron chi connectivity index (χ3n) is 8.22. The molecule has 8 rings (SSSR count). The standard InChI is InChI=1S/C42H30N2S/c1-4-17-32(18-5-1)43(33-19-6-2-7-20-33)38-26-12-10-24-36(38)31-16-14-23-35(30-31)44(34-21-8-3-9-22-34)39-27-15-29-41-42(39)37-25-11-13-28-40(37)45-41/h1-30H. The molecule has 0 saturated carbocycles. The summed E-state index contributed by atoms with van der Waals surface area (Å²) >= 11 is 1.85. The predicted octanol–water partition coefficient (Wildman–Crippen LogP) is 12.7. The second-order valence-electron chi connectivity index (χ2n) is 11.0. The summed E-state index contributed by atoms with van der Waals surface area (Å²) in [4.78, 5) is 4.75. The largest absolute Gasteiger partial charge is 0.310 e. The van der Waals surface area contributed by atoms with Crippen LogP contribution in [0.25, 0.3) is 31.3 Å². The van der Waals surface area contributed by atoms with Gasteiger partial charge in [0, 0.05) is 48.5 Å². The number of benzene rings is 7. The Labute approximate surface area is 267 Å². The van der Waals surface area contributed by atoms with Gasteiger partial charge in [0.1, 0.15) is 0 Å². The molecule has 214 valence electrons. The third kappa shape index (κ3) is 5.04. The molecular formula is C42H30N2S. The Balaban J connectivity index is 1.32. The fourth-order valence-electron chi connectivity index (χ4n) is 6.25. The van der Waals surface area contributed by atoms with Crippen LogP contribution in [-0.2, 0) is 0 Å². The summed E-state index contributed by atoms with van der Waals surface area (Å²) in [6, 6.07) is 65.0. The predicted molar refractivity (Wildman–Crippen MR) is 194 cm³/mol. The summed E-state index contributed by atoms with van der Waals surface area (Å²) in [5, 5.41) is 2.57. The minimum atomic E-state index is 1.11. The van der Waals surface area contributed by atoms with Gasteiger partial charge in [-0.2, -0.15) is 0 Å². The van der Waals surface area contributed by atoms with E-state index in [1.165, 1.54) is 31.4 Å². The molecule has 0 fully saturated rings. The van der Waals surface area contributed by atoms with Gasteiger partial charge in [0.15, 0.2) is 0 Å². The molecule has 0 aliphatic heterocycles. The molecule has 2 nitrogen and oxygen atoms in total. The Morgan fingerprint density at radius 3 is 1.53 bits per heavy atom. The van der Waals surface area contributed by atoms with Gasteiger partial charge >= 0.3 is 0 Å². The number of para-hydroxylation sites is 4. The Hall–Kier alpha value is -5.64. The van der Waals surface area contributed by atoms with Crippen molar-refractivity contribution >= 4 is 65.6 Å². The summed E-state index contributed by atoms with van der Waals surface area (Å²) in [5.41, 5.74) is 9.11. The second-order valence-corrected chi connectivity index (χ2v) is 12.1. The number of nitrogens with zero attached hydrogens (tertiary/aromatic N) is 2. The van der Waals surface area contributed by atoms with Gasteiger partial charge in [-0.15, -0.1) is 11.3 Å². The zero-order valence-corrected chi connectivity index (χ0v) is 25.4. The fraction of sp³-hybridized carbons (Fsp3) is 0. The van der Waals surface area contributed by atoms with Gasteiger partial charge in [0.25, 0.3) is 0 Å². The topological polar surface area (TPSA) is 6.48 Å². The first-order valence-corrected chi connectivity index (χ1v) is 16.0. The van der Waals surface area contributed by atoms with Crippen molar-refractivity contribution in [2.45, 2.75) is 0 Å². The van der Waals surface area contributed by atoms with E-state index in [2.05, 4.69) is 192 Å². The van der Waals surface area contributed by atoms with Crippen molar-refractivity contribution in [1.82, 2.24) is 0 Å². The van der Waals surface area contributed by atoms with E-state index in [0.717, 1.165) is 34.0 Å². The normalized spacial score (nSPS) is 11.1. The molecule has 0 spiro atoms. The van der Waals surface area contributed by atoms with Gasteiger partial charge in [-0.1, -0.05) is 109 Å². The lowest BCUT2D eigenvalue weighted by Crippen LogP contribution is -2.11. The molecule has 0 aliphatic rings. The highest BCUT2D eigenvalue weighted by atomic mass is 32.1. The van der Waals surface area contributed by atoms with E-state index in [1.807, 2.05) is 11.3 Å². The Bertz CT molecular complexity index is 2180. The summed E-state index contributed by atoms with van der Waals surface area (Å²) in [6.45, 7) is 0. The van der Waals surface area contributed by atoms with Gasteiger partial charge in [0.05, 0.1) is 11.4 Å². The first-order valence-electron chi connectivity index (χ1n) is 15.2. The maximum Gasteiger partial charge on any atom is 0.0554 e. The van der Waals surface area contributed by atoms with E-state index in [-0.39, 0.29) is 0 Å². The molecule has 3 heteroatoms. The lowest BCUT2D eigenvalue weighted by molar-refractivity contribution is 1.28. The molecule has 0 N–H and O–H groups in total. The van der Waals surface area contributed by atoms with Gasteiger partial charge in [-0.05, 0) is 78.4 Å². The number of rotatable bonds is 7. The smallest absolute Gasteiger partial charge is 0.0554 e. The number of fused-ring (bicyclic) bond motifs is 3. The van der Waals surface area contributed by atoms with Crippen molar-refractivity contribution in [2.75, 3.05) is 9.80 Å². The average Bonchev–Trinajstić information content (AvgIpc) is 3.50. The molecule has 8 aromatic rings. The Kier molecular flexibility index (Phi) is 7.07. The highest BCUT2D eigenvalue weighted by molar-refractivity contribution is 7.26. The van der Waals surface area contributed by atoms with Gasteiger partial charge in [0.2, 0.25) is 0 Å². The number of hydrogen-bond acceptors (Lipinski definition) is 3. The van der Waals surface area contributed by atoms with E-state index in [4.69, 9.17) is 0 Å². The van der Waals surface area contributed by atoms with E-state index in [1.54, 1.807) is 0 Å². The van der Waals surface area contributed by atoms with Crippen LogP contribution in [0.5, 0.6) is 0 Å². The number of hydrogen-bond donors (Lipinski definition) is 0. The molecule has 0 unspecified atom stereocenters. The van der Waals surface area contributed by atoms with Crippen LogP contribution in [0.2, 0.25) is 0 Å². The molecule has 45 heavy (non-hydrogen) atoms. The second kappa shape index (κ2) is 11.8. The lowest BCUT2D eigenvalue weighted by atomic mass is 10.00. The van der Waals surface area contributed by atoms with Crippen LogP contribution in [0.3, 0.4) is 0 Å². The molecular weight excluding hydrogens is 565 g/mol. The van der Waals surface area contributed by atoms with Gasteiger partial charge in [-0.25, -0.2) is 0 Å². The molecule has 0 saturated heterocycles. The summed E-state index contributed by atoms with van der Waals surface area (Å²) in [7, 11) is 0. The summed E-state index contributed by atoms with van der Waals surface area (Å²) in [6.07, 6.45) is 0.